The molecule has 4 rings (SSSR count). The number of aliphatic hydroxyl groups excluding tert-OH is 1. The van der Waals surface area contributed by atoms with Crippen molar-refractivity contribution in [2.75, 3.05) is 13.7 Å². The molecule has 0 fully saturated rings. The number of hydrogen-bond donors (Lipinski definition) is 3. The van der Waals surface area contributed by atoms with Gasteiger partial charge >= 0.3 is 0 Å². The third-order valence-electron chi connectivity index (χ3n) is 5.53. The summed E-state index contributed by atoms with van der Waals surface area (Å²) in [7, 11) is 1.38. The van der Waals surface area contributed by atoms with Crippen molar-refractivity contribution in [2.24, 2.45) is 0 Å². The van der Waals surface area contributed by atoms with Gasteiger partial charge in [-0.15, -0.1) is 0 Å². The van der Waals surface area contributed by atoms with Crippen LogP contribution in [0.2, 0.25) is 0 Å². The minimum absolute atomic E-state index is 0.0779. The molecule has 2 aromatic heterocycles. The molecule has 0 bridgehead atoms. The van der Waals surface area contributed by atoms with Gasteiger partial charge in [0.1, 0.15) is 29.1 Å². The van der Waals surface area contributed by atoms with Crippen molar-refractivity contribution < 1.29 is 27.8 Å². The summed E-state index contributed by atoms with van der Waals surface area (Å²) in [6, 6.07) is 9.72. The SMILES string of the molecule is CO[C@H](CO)[C@@H](Cn1cccn1)NC(=O)c1cccc(F)c1-c1n[nH]c(-c2ccc(F)cc2)c1F. The maximum Gasteiger partial charge on any atom is 0.252 e. The van der Waals surface area contributed by atoms with E-state index in [9.17, 15) is 18.7 Å². The second-order valence-electron chi connectivity index (χ2n) is 7.70. The van der Waals surface area contributed by atoms with Crippen LogP contribution in [-0.2, 0) is 11.3 Å². The van der Waals surface area contributed by atoms with Gasteiger partial charge in [-0.2, -0.15) is 10.2 Å². The first-order valence-corrected chi connectivity index (χ1v) is 10.6. The second-order valence-corrected chi connectivity index (χ2v) is 7.70. The Balaban J connectivity index is 1.69. The van der Waals surface area contributed by atoms with Gasteiger partial charge in [0.15, 0.2) is 5.82 Å². The Morgan fingerprint density at radius 3 is 2.60 bits per heavy atom. The third-order valence-corrected chi connectivity index (χ3v) is 5.53. The predicted octanol–water partition coefficient (Wildman–Crippen LogP) is 3.16. The van der Waals surface area contributed by atoms with Crippen molar-refractivity contribution >= 4 is 5.91 Å². The minimum atomic E-state index is -0.894. The zero-order chi connectivity index (χ0) is 24.9. The number of methoxy groups -OCH3 is 1. The molecule has 0 radical (unpaired) electrons. The first-order valence-electron chi connectivity index (χ1n) is 10.6. The number of aromatic amines is 1. The van der Waals surface area contributed by atoms with Crippen molar-refractivity contribution in [1.82, 2.24) is 25.3 Å². The number of rotatable bonds is 9. The molecule has 2 aromatic carbocycles. The van der Waals surface area contributed by atoms with Gasteiger partial charge in [0, 0.05) is 25.1 Å². The minimum Gasteiger partial charge on any atom is -0.394 e. The number of benzene rings is 2. The molecular formula is C24H22F3N5O3. The summed E-state index contributed by atoms with van der Waals surface area (Å²) in [6.45, 7) is -0.234. The highest BCUT2D eigenvalue weighted by Crippen LogP contribution is 2.32. The number of carbonyl (C=O) groups excluding carboxylic acids is 1. The highest BCUT2D eigenvalue weighted by Gasteiger charge is 2.28. The zero-order valence-corrected chi connectivity index (χ0v) is 18.6. The molecule has 1 amide bonds. The number of ether oxygens (including phenoxy) is 1. The van der Waals surface area contributed by atoms with Crippen LogP contribution in [0.3, 0.4) is 0 Å². The monoisotopic (exact) mass is 485 g/mol. The topological polar surface area (TPSA) is 105 Å². The lowest BCUT2D eigenvalue weighted by Gasteiger charge is -2.26. The number of aliphatic hydroxyl groups is 1. The Morgan fingerprint density at radius 2 is 1.94 bits per heavy atom. The molecular weight excluding hydrogens is 463 g/mol. The number of carbonyl (C=O) groups is 1. The molecule has 3 N–H and O–H groups in total. The number of amides is 1. The zero-order valence-electron chi connectivity index (χ0n) is 18.6. The molecule has 0 aliphatic carbocycles. The predicted molar refractivity (Wildman–Crippen MR) is 121 cm³/mol. The molecule has 0 aliphatic rings. The molecule has 11 heteroatoms. The Bertz CT molecular complexity index is 1290. The highest BCUT2D eigenvalue weighted by atomic mass is 19.1. The molecule has 8 nitrogen and oxygen atoms in total. The van der Waals surface area contributed by atoms with Crippen LogP contribution in [0.1, 0.15) is 10.4 Å². The van der Waals surface area contributed by atoms with E-state index in [4.69, 9.17) is 4.74 Å². The van der Waals surface area contributed by atoms with E-state index in [-0.39, 0.29) is 23.4 Å². The molecule has 0 saturated heterocycles. The van der Waals surface area contributed by atoms with E-state index in [2.05, 4.69) is 20.6 Å². The van der Waals surface area contributed by atoms with E-state index in [0.29, 0.717) is 5.56 Å². The summed E-state index contributed by atoms with van der Waals surface area (Å²) >= 11 is 0. The number of aromatic nitrogens is 4. The van der Waals surface area contributed by atoms with Gasteiger partial charge in [0.05, 0.1) is 30.3 Å². The van der Waals surface area contributed by atoms with Gasteiger partial charge in [0.25, 0.3) is 5.91 Å². The molecule has 0 aliphatic heterocycles. The first kappa shape index (κ1) is 24.2. The Morgan fingerprint density at radius 1 is 1.17 bits per heavy atom. The summed E-state index contributed by atoms with van der Waals surface area (Å²) in [5.41, 5.74) is -0.690. The number of H-pyrrole nitrogens is 1. The smallest absolute Gasteiger partial charge is 0.252 e. The van der Waals surface area contributed by atoms with E-state index in [1.807, 2.05) is 0 Å². The lowest BCUT2D eigenvalue weighted by Crippen LogP contribution is -2.48. The average Bonchev–Trinajstić information content (AvgIpc) is 3.50. The Kier molecular flexibility index (Phi) is 7.28. The van der Waals surface area contributed by atoms with Crippen LogP contribution in [0, 0.1) is 17.5 Å². The fraction of sp³-hybridized carbons (Fsp3) is 0.208. The van der Waals surface area contributed by atoms with E-state index >= 15 is 4.39 Å². The Labute approximate surface area is 198 Å². The first-order chi connectivity index (χ1) is 16.9. The van der Waals surface area contributed by atoms with Crippen molar-refractivity contribution in [3.63, 3.8) is 0 Å². The van der Waals surface area contributed by atoms with Crippen LogP contribution in [0.4, 0.5) is 13.2 Å². The summed E-state index contributed by atoms with van der Waals surface area (Å²) in [5.74, 6) is -2.97. The third kappa shape index (κ3) is 5.10. The van der Waals surface area contributed by atoms with Gasteiger partial charge in [-0.3, -0.25) is 14.6 Å². The fourth-order valence-corrected chi connectivity index (χ4v) is 3.73. The summed E-state index contributed by atoms with van der Waals surface area (Å²) < 4.78 is 50.4. The molecule has 0 unspecified atom stereocenters. The normalized spacial score (nSPS) is 12.9. The van der Waals surface area contributed by atoms with Crippen molar-refractivity contribution in [2.45, 2.75) is 18.7 Å². The summed E-state index contributed by atoms with van der Waals surface area (Å²) in [5, 5.41) is 22.9. The number of nitrogens with one attached hydrogen (secondary N) is 2. The largest absolute Gasteiger partial charge is 0.394 e. The van der Waals surface area contributed by atoms with Crippen LogP contribution in [0.25, 0.3) is 22.5 Å². The molecule has 4 aromatic rings. The van der Waals surface area contributed by atoms with Gasteiger partial charge in [-0.05, 0) is 42.5 Å². The van der Waals surface area contributed by atoms with Crippen LogP contribution in [0.15, 0.2) is 60.9 Å². The quantitative estimate of drug-likeness (QED) is 0.338. The van der Waals surface area contributed by atoms with Gasteiger partial charge < -0.3 is 15.2 Å². The number of hydrogen-bond acceptors (Lipinski definition) is 5. The Hall–Kier alpha value is -3.96. The van der Waals surface area contributed by atoms with E-state index in [1.165, 1.54) is 31.4 Å². The van der Waals surface area contributed by atoms with Crippen molar-refractivity contribution in [3.05, 3.63) is 83.9 Å². The standard InChI is InChI=1S/C24H22F3N5O3/c1-35-19(13-33)18(12-32-11-3-10-28-32)29-24(34)16-4-2-5-17(26)20(16)23-21(27)22(30-31-23)14-6-8-15(25)9-7-14/h2-11,18-19,33H,12-13H2,1H3,(H,29,34)(H,30,31)/t18-,19-/m1/s1. The summed E-state index contributed by atoms with van der Waals surface area (Å²) in [6.07, 6.45) is 2.45. The highest BCUT2D eigenvalue weighted by molar-refractivity contribution is 6.01. The van der Waals surface area contributed by atoms with Gasteiger partial charge in [0.2, 0.25) is 0 Å². The fourth-order valence-electron chi connectivity index (χ4n) is 3.73. The van der Waals surface area contributed by atoms with Crippen molar-refractivity contribution in [1.29, 1.82) is 0 Å². The lowest BCUT2D eigenvalue weighted by atomic mass is 10.0. The number of nitrogens with zero attached hydrogens (tertiary/aromatic N) is 3. The number of halogens is 3. The molecule has 2 atom stereocenters. The molecule has 182 valence electrons. The van der Waals surface area contributed by atoms with Crippen LogP contribution < -0.4 is 5.32 Å². The van der Waals surface area contributed by atoms with Gasteiger partial charge in [-0.1, -0.05) is 6.07 Å². The molecule has 0 saturated carbocycles. The van der Waals surface area contributed by atoms with Crippen LogP contribution in [-0.4, -0.2) is 56.9 Å². The lowest BCUT2D eigenvalue weighted by molar-refractivity contribution is 0.0167. The molecule has 0 spiro atoms. The summed E-state index contributed by atoms with van der Waals surface area (Å²) in [4.78, 5) is 13.2. The van der Waals surface area contributed by atoms with E-state index < -0.39 is 47.8 Å². The van der Waals surface area contributed by atoms with Crippen molar-refractivity contribution in [3.8, 4) is 22.5 Å². The molecule has 35 heavy (non-hydrogen) atoms. The second kappa shape index (κ2) is 10.5. The maximum atomic E-state index is 15.3. The van der Waals surface area contributed by atoms with Gasteiger partial charge in [-0.25, -0.2) is 13.2 Å². The van der Waals surface area contributed by atoms with E-state index in [1.54, 1.807) is 23.1 Å². The van der Waals surface area contributed by atoms with Crippen LogP contribution >= 0.6 is 0 Å². The maximum absolute atomic E-state index is 15.3. The van der Waals surface area contributed by atoms with E-state index in [0.717, 1.165) is 18.2 Å². The van der Waals surface area contributed by atoms with Crippen LogP contribution in [0.5, 0.6) is 0 Å². The molecule has 2 heterocycles. The average molecular weight is 485 g/mol.